The van der Waals surface area contributed by atoms with Crippen molar-refractivity contribution in [1.29, 1.82) is 5.26 Å². The molecule has 0 radical (unpaired) electrons. The number of esters is 1. The number of hydrogen-bond acceptors (Lipinski definition) is 4. The van der Waals surface area contributed by atoms with Gasteiger partial charge >= 0.3 is 5.97 Å². The van der Waals surface area contributed by atoms with Crippen molar-refractivity contribution in [3.63, 3.8) is 0 Å². The fourth-order valence-electron chi connectivity index (χ4n) is 0.977. The largest absolute Gasteiger partial charge is 0.457 e. The smallest absolute Gasteiger partial charge is 0.349 e. The molecule has 0 saturated heterocycles. The highest BCUT2D eigenvalue weighted by molar-refractivity contribution is 5.97. The van der Waals surface area contributed by atoms with Crippen molar-refractivity contribution >= 4 is 12.0 Å². The van der Waals surface area contributed by atoms with Crippen molar-refractivity contribution in [1.82, 2.24) is 4.98 Å². The zero-order valence-electron chi connectivity index (χ0n) is 8.59. The van der Waals surface area contributed by atoms with Gasteiger partial charge in [0, 0.05) is 12.4 Å². The van der Waals surface area contributed by atoms with Gasteiger partial charge in [-0.1, -0.05) is 18.7 Å². The van der Waals surface area contributed by atoms with Gasteiger partial charge in [0.15, 0.2) is 0 Å². The highest BCUT2D eigenvalue weighted by Gasteiger charge is 2.09. The maximum atomic E-state index is 11.4. The minimum absolute atomic E-state index is 0.0603. The van der Waals surface area contributed by atoms with Crippen molar-refractivity contribution in [2.75, 3.05) is 6.61 Å². The van der Waals surface area contributed by atoms with E-state index < -0.39 is 5.97 Å². The van der Waals surface area contributed by atoms with Crippen LogP contribution in [0.3, 0.4) is 0 Å². The predicted octanol–water partition coefficient (Wildman–Crippen LogP) is 1.72. The Morgan fingerprint density at radius 3 is 3.06 bits per heavy atom. The molecule has 0 aliphatic rings. The fourth-order valence-corrected chi connectivity index (χ4v) is 0.977. The molecular formula is C12H10N2O2. The number of nitrogens with zero attached hydrogens (tertiary/aromatic N) is 2. The molecule has 1 rings (SSSR count). The summed E-state index contributed by atoms with van der Waals surface area (Å²) in [6, 6.07) is 5.24. The van der Waals surface area contributed by atoms with Gasteiger partial charge in [0.25, 0.3) is 0 Å². The number of rotatable bonds is 4. The van der Waals surface area contributed by atoms with Crippen LogP contribution >= 0.6 is 0 Å². The highest BCUT2D eigenvalue weighted by atomic mass is 16.5. The maximum absolute atomic E-state index is 11.4. The summed E-state index contributed by atoms with van der Waals surface area (Å²) in [5.41, 5.74) is 0.615. The number of ether oxygens (including phenoxy) is 1. The summed E-state index contributed by atoms with van der Waals surface area (Å²) >= 11 is 0. The summed E-state index contributed by atoms with van der Waals surface area (Å²) in [6.07, 6.45) is 6.03. The number of aromatic nitrogens is 1. The Morgan fingerprint density at radius 1 is 1.69 bits per heavy atom. The van der Waals surface area contributed by atoms with Crippen LogP contribution in [0, 0.1) is 11.3 Å². The Kier molecular flexibility index (Phi) is 4.48. The van der Waals surface area contributed by atoms with Crippen LogP contribution in [0.15, 0.2) is 42.8 Å². The first-order valence-corrected chi connectivity index (χ1v) is 4.57. The topological polar surface area (TPSA) is 63.0 Å². The molecule has 0 aromatic carbocycles. The van der Waals surface area contributed by atoms with Crippen LogP contribution in [-0.2, 0) is 9.53 Å². The van der Waals surface area contributed by atoms with Crippen molar-refractivity contribution in [3.05, 3.63) is 48.3 Å². The maximum Gasteiger partial charge on any atom is 0.349 e. The van der Waals surface area contributed by atoms with Crippen LogP contribution in [0.25, 0.3) is 6.08 Å². The van der Waals surface area contributed by atoms with E-state index in [0.717, 1.165) is 0 Å². The molecule has 0 amide bonds. The molecule has 0 saturated carbocycles. The van der Waals surface area contributed by atoms with E-state index in [9.17, 15) is 4.79 Å². The lowest BCUT2D eigenvalue weighted by Crippen LogP contribution is -2.06. The second-order valence-corrected chi connectivity index (χ2v) is 2.84. The Labute approximate surface area is 93.5 Å². The molecule has 80 valence electrons. The van der Waals surface area contributed by atoms with E-state index in [1.165, 1.54) is 12.2 Å². The van der Waals surface area contributed by atoms with Gasteiger partial charge in [-0.25, -0.2) is 4.79 Å². The third-order valence-electron chi connectivity index (χ3n) is 1.67. The summed E-state index contributed by atoms with van der Waals surface area (Å²) in [5, 5.41) is 8.79. The van der Waals surface area contributed by atoms with Crippen molar-refractivity contribution in [2.45, 2.75) is 0 Å². The van der Waals surface area contributed by atoms with Crippen molar-refractivity contribution in [2.24, 2.45) is 0 Å². The standard InChI is InChI=1S/C12H10N2O2/c1-2-6-16-12(15)11(8-13)7-10-4-3-5-14-9-10/h2-5,7,9H,1,6H2/b11-7-. The SMILES string of the molecule is C=CCOC(=O)/C(C#N)=C\c1cccnc1. The van der Waals surface area contributed by atoms with Crippen molar-refractivity contribution in [3.8, 4) is 6.07 Å². The molecule has 0 spiro atoms. The average Bonchev–Trinajstić information content (AvgIpc) is 2.34. The molecule has 0 aliphatic heterocycles. The molecule has 0 N–H and O–H groups in total. The van der Waals surface area contributed by atoms with E-state index in [2.05, 4.69) is 11.6 Å². The number of pyridine rings is 1. The first kappa shape index (κ1) is 11.7. The Balaban J connectivity index is 2.83. The minimum Gasteiger partial charge on any atom is -0.457 e. The monoisotopic (exact) mass is 214 g/mol. The lowest BCUT2D eigenvalue weighted by atomic mass is 10.2. The van der Waals surface area contributed by atoms with Gasteiger partial charge < -0.3 is 4.74 Å². The van der Waals surface area contributed by atoms with Crippen LogP contribution in [0.4, 0.5) is 0 Å². The Bertz CT molecular complexity index is 444. The van der Waals surface area contributed by atoms with Crippen LogP contribution in [-0.4, -0.2) is 17.6 Å². The van der Waals surface area contributed by atoms with E-state index in [0.29, 0.717) is 5.56 Å². The highest BCUT2D eigenvalue weighted by Crippen LogP contribution is 2.06. The first-order valence-electron chi connectivity index (χ1n) is 4.57. The van der Waals surface area contributed by atoms with Crippen molar-refractivity contribution < 1.29 is 9.53 Å². The zero-order valence-corrected chi connectivity index (χ0v) is 8.59. The van der Waals surface area contributed by atoms with Crippen LogP contribution in [0.5, 0.6) is 0 Å². The summed E-state index contributed by atoms with van der Waals surface area (Å²) < 4.78 is 4.75. The van der Waals surface area contributed by atoms with Gasteiger partial charge in [0.05, 0.1) is 0 Å². The van der Waals surface area contributed by atoms with Crippen LogP contribution in [0.2, 0.25) is 0 Å². The molecule has 4 heteroatoms. The van der Waals surface area contributed by atoms with Gasteiger partial charge in [0.1, 0.15) is 18.2 Å². The van der Waals surface area contributed by atoms with E-state index >= 15 is 0 Å². The van der Waals surface area contributed by atoms with Gasteiger partial charge in [-0.2, -0.15) is 5.26 Å². The van der Waals surface area contributed by atoms with E-state index in [1.807, 2.05) is 0 Å². The van der Waals surface area contributed by atoms with Gasteiger partial charge in [-0.15, -0.1) is 0 Å². The molecular weight excluding hydrogens is 204 g/mol. The molecule has 16 heavy (non-hydrogen) atoms. The fraction of sp³-hybridized carbons (Fsp3) is 0.0833. The lowest BCUT2D eigenvalue weighted by Gasteiger charge is -1.99. The van der Waals surface area contributed by atoms with E-state index in [4.69, 9.17) is 10.00 Å². The molecule has 1 aromatic heterocycles. The summed E-state index contributed by atoms with van der Waals surface area (Å²) in [4.78, 5) is 15.2. The molecule has 4 nitrogen and oxygen atoms in total. The second-order valence-electron chi connectivity index (χ2n) is 2.84. The second kappa shape index (κ2) is 6.14. The van der Waals surface area contributed by atoms with Gasteiger partial charge in [0.2, 0.25) is 0 Å². The molecule has 1 aromatic rings. The number of nitriles is 1. The Morgan fingerprint density at radius 2 is 2.50 bits per heavy atom. The van der Waals surface area contributed by atoms with Crippen LogP contribution in [0.1, 0.15) is 5.56 Å². The summed E-state index contributed by atoms with van der Waals surface area (Å²) in [7, 11) is 0. The molecule has 0 bridgehead atoms. The third-order valence-corrected chi connectivity index (χ3v) is 1.67. The first-order chi connectivity index (χ1) is 7.77. The lowest BCUT2D eigenvalue weighted by molar-refractivity contribution is -0.137. The predicted molar refractivity (Wildman–Crippen MR) is 59.0 cm³/mol. The minimum atomic E-state index is -0.661. The molecule has 0 aliphatic carbocycles. The van der Waals surface area contributed by atoms with E-state index in [1.54, 1.807) is 30.6 Å². The normalized spacial score (nSPS) is 10.3. The molecule has 0 unspecified atom stereocenters. The summed E-state index contributed by atoms with van der Waals surface area (Å²) in [5.74, 6) is -0.661. The van der Waals surface area contributed by atoms with Crippen LogP contribution < -0.4 is 0 Å². The number of hydrogen-bond donors (Lipinski definition) is 0. The third kappa shape index (κ3) is 3.39. The van der Waals surface area contributed by atoms with Gasteiger partial charge in [-0.05, 0) is 17.7 Å². The zero-order chi connectivity index (χ0) is 11.8. The quantitative estimate of drug-likeness (QED) is 0.331. The number of carbonyl (C=O) groups excluding carboxylic acids is 1. The molecule has 0 fully saturated rings. The molecule has 0 atom stereocenters. The molecule has 1 heterocycles. The summed E-state index contributed by atoms with van der Waals surface area (Å²) in [6.45, 7) is 3.50. The average molecular weight is 214 g/mol. The van der Waals surface area contributed by atoms with Gasteiger partial charge in [-0.3, -0.25) is 4.98 Å². The van der Waals surface area contributed by atoms with E-state index in [-0.39, 0.29) is 12.2 Å². The number of carbonyl (C=O) groups is 1. The Hall–Kier alpha value is -2.41.